The summed E-state index contributed by atoms with van der Waals surface area (Å²) in [4.78, 5) is 29.1. The Bertz CT molecular complexity index is 1110. The minimum Gasteiger partial charge on any atom is -0.450 e. The number of para-hydroxylation sites is 1. The van der Waals surface area contributed by atoms with E-state index in [9.17, 15) is 14.0 Å². The lowest BCUT2D eigenvalue weighted by atomic mass is 10.2. The number of ether oxygens (including phenoxy) is 1. The molecule has 2 amide bonds. The van der Waals surface area contributed by atoms with Crippen LogP contribution in [0.1, 0.15) is 12.5 Å². The second kappa shape index (κ2) is 10.1. The molecule has 0 spiro atoms. The standard InChI is InChI=1S/C24H26FN3O3S/c1-2-31-24(30)27-12-10-26(11-13-27)23(29)17-32-22-16-28(21-9-4-3-8-20(21)22)15-18-6-5-7-19(25)14-18/h3-9,14,16H,2,10-13,15,17H2,1H3. The van der Waals surface area contributed by atoms with Gasteiger partial charge in [0.1, 0.15) is 5.82 Å². The second-order valence-electron chi connectivity index (χ2n) is 7.62. The molecule has 0 unspecified atom stereocenters. The van der Waals surface area contributed by atoms with Crippen molar-refractivity contribution in [3.8, 4) is 0 Å². The van der Waals surface area contributed by atoms with Crippen molar-refractivity contribution in [3.63, 3.8) is 0 Å². The number of thioether (sulfide) groups is 1. The van der Waals surface area contributed by atoms with E-state index in [0.717, 1.165) is 21.4 Å². The monoisotopic (exact) mass is 455 g/mol. The van der Waals surface area contributed by atoms with E-state index in [4.69, 9.17) is 4.74 Å². The SMILES string of the molecule is CCOC(=O)N1CCN(C(=O)CSc2cn(Cc3cccc(F)c3)c3ccccc23)CC1. The van der Waals surface area contributed by atoms with Gasteiger partial charge in [-0.15, -0.1) is 11.8 Å². The first kappa shape index (κ1) is 22.2. The van der Waals surface area contributed by atoms with Gasteiger partial charge in [0, 0.05) is 54.7 Å². The summed E-state index contributed by atoms with van der Waals surface area (Å²) in [6.07, 6.45) is 1.71. The molecular weight excluding hydrogens is 429 g/mol. The third-order valence-electron chi connectivity index (χ3n) is 5.50. The van der Waals surface area contributed by atoms with E-state index >= 15 is 0 Å². The Kier molecular flexibility index (Phi) is 6.99. The number of amides is 2. The lowest BCUT2D eigenvalue weighted by molar-refractivity contribution is -0.129. The summed E-state index contributed by atoms with van der Waals surface area (Å²) < 4.78 is 20.7. The zero-order valence-electron chi connectivity index (χ0n) is 18.0. The van der Waals surface area contributed by atoms with Gasteiger partial charge >= 0.3 is 6.09 Å². The molecule has 1 aromatic heterocycles. The molecule has 0 saturated carbocycles. The van der Waals surface area contributed by atoms with Crippen molar-refractivity contribution in [1.29, 1.82) is 0 Å². The Hall–Kier alpha value is -3.00. The third-order valence-corrected chi connectivity index (χ3v) is 6.53. The van der Waals surface area contributed by atoms with Gasteiger partial charge in [-0.3, -0.25) is 4.79 Å². The molecule has 2 aromatic carbocycles. The molecule has 1 aliphatic rings. The minimum absolute atomic E-state index is 0.0560. The Morgan fingerprint density at radius 3 is 2.53 bits per heavy atom. The normalized spacial score (nSPS) is 14.1. The number of rotatable bonds is 6. The third kappa shape index (κ3) is 5.07. The number of halogens is 1. The highest BCUT2D eigenvalue weighted by Gasteiger charge is 2.25. The molecule has 32 heavy (non-hydrogen) atoms. The van der Waals surface area contributed by atoms with Gasteiger partial charge in [0.15, 0.2) is 0 Å². The van der Waals surface area contributed by atoms with Gasteiger partial charge in [-0.1, -0.05) is 30.3 Å². The van der Waals surface area contributed by atoms with Gasteiger partial charge in [0.2, 0.25) is 5.91 Å². The number of fused-ring (bicyclic) bond motifs is 1. The summed E-state index contributed by atoms with van der Waals surface area (Å²) in [5, 5.41) is 1.08. The number of carbonyl (C=O) groups excluding carboxylic acids is 2. The molecule has 6 nitrogen and oxygen atoms in total. The highest BCUT2D eigenvalue weighted by Crippen LogP contribution is 2.31. The molecule has 0 atom stereocenters. The smallest absolute Gasteiger partial charge is 0.409 e. The van der Waals surface area contributed by atoms with Gasteiger partial charge in [-0.2, -0.15) is 0 Å². The predicted octanol–water partition coefficient (Wildman–Crippen LogP) is 4.22. The van der Waals surface area contributed by atoms with Crippen LogP contribution in [0.4, 0.5) is 9.18 Å². The highest BCUT2D eigenvalue weighted by molar-refractivity contribution is 8.00. The van der Waals surface area contributed by atoms with Crippen LogP contribution in [0, 0.1) is 5.82 Å². The fraction of sp³-hybridized carbons (Fsp3) is 0.333. The van der Waals surface area contributed by atoms with Crippen LogP contribution in [0.5, 0.6) is 0 Å². The largest absolute Gasteiger partial charge is 0.450 e. The van der Waals surface area contributed by atoms with E-state index in [0.29, 0.717) is 45.1 Å². The summed E-state index contributed by atoms with van der Waals surface area (Å²) in [7, 11) is 0. The average Bonchev–Trinajstić information content (AvgIpc) is 3.15. The van der Waals surface area contributed by atoms with Crippen molar-refractivity contribution in [2.75, 3.05) is 38.5 Å². The van der Waals surface area contributed by atoms with E-state index in [1.165, 1.54) is 17.8 Å². The lowest BCUT2D eigenvalue weighted by Gasteiger charge is -2.34. The highest BCUT2D eigenvalue weighted by atomic mass is 32.2. The predicted molar refractivity (Wildman–Crippen MR) is 123 cm³/mol. The number of hydrogen-bond donors (Lipinski definition) is 0. The molecule has 0 N–H and O–H groups in total. The molecule has 3 aromatic rings. The molecule has 168 valence electrons. The summed E-state index contributed by atoms with van der Waals surface area (Å²) >= 11 is 1.51. The Labute approximate surface area is 190 Å². The first-order valence-electron chi connectivity index (χ1n) is 10.7. The van der Waals surface area contributed by atoms with Gasteiger partial charge in [-0.25, -0.2) is 9.18 Å². The molecule has 1 fully saturated rings. The zero-order valence-corrected chi connectivity index (χ0v) is 18.8. The molecule has 2 heterocycles. The summed E-state index contributed by atoms with van der Waals surface area (Å²) in [6.45, 7) is 4.69. The average molecular weight is 456 g/mol. The fourth-order valence-electron chi connectivity index (χ4n) is 3.87. The molecule has 0 aliphatic carbocycles. The Balaban J connectivity index is 1.40. The maximum Gasteiger partial charge on any atom is 0.409 e. The number of carbonyl (C=O) groups is 2. The molecule has 0 radical (unpaired) electrons. The van der Waals surface area contributed by atoms with Crippen molar-refractivity contribution < 1.29 is 18.7 Å². The minimum atomic E-state index is -0.319. The number of nitrogens with zero attached hydrogens (tertiary/aromatic N) is 3. The molecule has 1 aliphatic heterocycles. The fourth-order valence-corrected chi connectivity index (χ4v) is 4.87. The Morgan fingerprint density at radius 2 is 1.78 bits per heavy atom. The van der Waals surface area contributed by atoms with Crippen molar-refractivity contribution in [2.24, 2.45) is 0 Å². The lowest BCUT2D eigenvalue weighted by Crippen LogP contribution is -2.51. The van der Waals surface area contributed by atoms with Crippen LogP contribution < -0.4 is 0 Å². The second-order valence-corrected chi connectivity index (χ2v) is 8.64. The van der Waals surface area contributed by atoms with Crippen LogP contribution in [0.3, 0.4) is 0 Å². The van der Waals surface area contributed by atoms with E-state index in [1.807, 2.05) is 36.5 Å². The summed E-state index contributed by atoms with van der Waals surface area (Å²) in [5.41, 5.74) is 1.94. The van der Waals surface area contributed by atoms with E-state index in [-0.39, 0.29) is 17.8 Å². The van der Waals surface area contributed by atoms with Crippen LogP contribution >= 0.6 is 11.8 Å². The topological polar surface area (TPSA) is 54.8 Å². The van der Waals surface area contributed by atoms with Crippen LogP contribution in [-0.4, -0.2) is 64.9 Å². The quantitative estimate of drug-likeness (QED) is 0.522. The molecule has 0 bridgehead atoms. The number of benzene rings is 2. The van der Waals surface area contributed by atoms with Crippen LogP contribution in [0.25, 0.3) is 10.9 Å². The van der Waals surface area contributed by atoms with Gasteiger partial charge in [0.05, 0.1) is 12.4 Å². The van der Waals surface area contributed by atoms with E-state index in [2.05, 4.69) is 4.57 Å². The molecule has 1 saturated heterocycles. The van der Waals surface area contributed by atoms with Crippen LogP contribution in [-0.2, 0) is 16.1 Å². The maximum atomic E-state index is 13.6. The molecule has 4 rings (SSSR count). The van der Waals surface area contributed by atoms with Crippen molar-refractivity contribution in [2.45, 2.75) is 18.4 Å². The summed E-state index contributed by atoms with van der Waals surface area (Å²) in [6, 6.07) is 14.6. The number of piperazine rings is 1. The van der Waals surface area contributed by atoms with Crippen molar-refractivity contribution >= 4 is 34.7 Å². The van der Waals surface area contributed by atoms with E-state index in [1.54, 1.807) is 28.9 Å². The number of hydrogen-bond acceptors (Lipinski definition) is 4. The Morgan fingerprint density at radius 1 is 1.03 bits per heavy atom. The van der Waals surface area contributed by atoms with Gasteiger partial charge in [-0.05, 0) is 30.7 Å². The number of aromatic nitrogens is 1. The van der Waals surface area contributed by atoms with Crippen LogP contribution in [0.15, 0.2) is 59.6 Å². The zero-order chi connectivity index (χ0) is 22.5. The van der Waals surface area contributed by atoms with Crippen LogP contribution in [0.2, 0.25) is 0 Å². The molecular formula is C24H26FN3O3S. The van der Waals surface area contributed by atoms with Gasteiger partial charge < -0.3 is 19.1 Å². The maximum absolute atomic E-state index is 13.6. The van der Waals surface area contributed by atoms with Gasteiger partial charge in [0.25, 0.3) is 0 Å². The van der Waals surface area contributed by atoms with E-state index < -0.39 is 0 Å². The summed E-state index contributed by atoms with van der Waals surface area (Å²) in [5.74, 6) is 0.135. The van der Waals surface area contributed by atoms with Crippen molar-refractivity contribution in [1.82, 2.24) is 14.4 Å². The molecule has 8 heteroatoms. The first-order chi connectivity index (χ1) is 15.5. The van der Waals surface area contributed by atoms with Crippen molar-refractivity contribution in [3.05, 3.63) is 66.1 Å². The first-order valence-corrected chi connectivity index (χ1v) is 11.7.